The molecule has 5 N–H and O–H groups in total. The molecule has 4 atom stereocenters. The van der Waals surface area contributed by atoms with Crippen molar-refractivity contribution in [3.05, 3.63) is 0 Å². The third kappa shape index (κ3) is 4.79. The quantitative estimate of drug-likeness (QED) is 0.337. The Bertz CT molecular complexity index is 536. The van der Waals surface area contributed by atoms with Gasteiger partial charge in [0, 0.05) is 13.2 Å². The van der Waals surface area contributed by atoms with E-state index in [1.54, 1.807) is 0 Å². The summed E-state index contributed by atoms with van der Waals surface area (Å²) in [6.07, 6.45) is 9.11. The maximum Gasteiger partial charge on any atom is 0.239 e. The summed E-state index contributed by atoms with van der Waals surface area (Å²) in [6, 6.07) is -1.53. The van der Waals surface area contributed by atoms with E-state index in [4.69, 9.17) is 9.84 Å². The molecule has 1 amide bonds. The number of carbonyl (C=O) groups is 1. The third-order valence-corrected chi connectivity index (χ3v) is 7.81. The van der Waals surface area contributed by atoms with Gasteiger partial charge in [-0.25, -0.2) is 0 Å². The molecule has 29 heavy (non-hydrogen) atoms. The molecule has 1 aliphatic heterocycles. The fourth-order valence-corrected chi connectivity index (χ4v) is 6.84. The lowest BCUT2D eigenvalue weighted by Crippen LogP contribution is -2.48. The van der Waals surface area contributed by atoms with Gasteiger partial charge in [0.2, 0.25) is 5.91 Å². The van der Waals surface area contributed by atoms with Crippen molar-refractivity contribution in [3.8, 4) is 0 Å². The highest BCUT2D eigenvalue weighted by molar-refractivity contribution is 5.83. The second-order valence-electron chi connectivity index (χ2n) is 10.2. The van der Waals surface area contributed by atoms with Crippen LogP contribution in [0.4, 0.5) is 0 Å². The Kier molecular flexibility index (Phi) is 6.81. The van der Waals surface area contributed by atoms with Crippen LogP contribution in [-0.2, 0) is 9.53 Å². The fraction of sp³-hybridized carbons (Fsp3) is 0.955. The van der Waals surface area contributed by atoms with Crippen molar-refractivity contribution < 1.29 is 24.9 Å². The van der Waals surface area contributed by atoms with Crippen LogP contribution in [0.2, 0.25) is 0 Å². The zero-order valence-electron chi connectivity index (χ0n) is 17.4. The molecule has 0 aromatic carbocycles. The van der Waals surface area contributed by atoms with Crippen molar-refractivity contribution in [3.63, 3.8) is 0 Å². The number of rotatable bonds is 10. The molecule has 5 rings (SSSR count). The molecule has 4 aliphatic carbocycles. The smallest absolute Gasteiger partial charge is 0.239 e. The Morgan fingerprint density at radius 2 is 1.66 bits per heavy atom. The number of aliphatic hydroxyl groups is 3. The number of carbonyl (C=O) groups excluding carboxylic acids is 1. The molecule has 0 aromatic rings. The van der Waals surface area contributed by atoms with E-state index in [-0.39, 0.29) is 12.5 Å². The molecule has 4 bridgehead atoms. The van der Waals surface area contributed by atoms with Crippen LogP contribution in [0.25, 0.3) is 0 Å². The number of unbranched alkanes of at least 4 members (excludes halogenated alkanes) is 2. The highest BCUT2D eigenvalue weighted by atomic mass is 16.5. The average Bonchev–Trinajstić information content (AvgIpc) is 2.97. The second-order valence-corrected chi connectivity index (χ2v) is 10.2. The van der Waals surface area contributed by atoms with Crippen LogP contribution in [0.5, 0.6) is 0 Å². The van der Waals surface area contributed by atoms with E-state index in [0.29, 0.717) is 12.0 Å². The number of aliphatic hydroxyl groups excluding tert-OH is 3. The van der Waals surface area contributed by atoms with Crippen LogP contribution in [0.15, 0.2) is 0 Å². The molecule has 5 aliphatic rings. The minimum atomic E-state index is -1.19. The molecule has 1 heterocycles. The Morgan fingerprint density at radius 1 is 1.00 bits per heavy atom. The van der Waals surface area contributed by atoms with E-state index in [1.165, 1.54) is 38.5 Å². The highest BCUT2D eigenvalue weighted by Crippen LogP contribution is 2.60. The number of hydrogen-bond acceptors (Lipinski definition) is 6. The maximum absolute atomic E-state index is 12.2. The van der Waals surface area contributed by atoms with Gasteiger partial charge in [0.1, 0.15) is 12.1 Å². The summed E-state index contributed by atoms with van der Waals surface area (Å²) in [5, 5.41) is 34.4. The van der Waals surface area contributed by atoms with Crippen molar-refractivity contribution in [2.75, 3.05) is 26.4 Å². The Balaban J connectivity index is 1.05. The zero-order valence-corrected chi connectivity index (χ0v) is 17.4. The summed E-state index contributed by atoms with van der Waals surface area (Å²) < 4.78 is 6.10. The van der Waals surface area contributed by atoms with Gasteiger partial charge < -0.3 is 25.4 Å². The average molecular weight is 411 g/mol. The highest BCUT2D eigenvalue weighted by Gasteiger charge is 2.50. The molecule has 5 fully saturated rings. The topological polar surface area (TPSA) is 111 Å². The first kappa shape index (κ1) is 21.5. The lowest BCUT2D eigenvalue weighted by atomic mass is 9.50. The largest absolute Gasteiger partial charge is 0.395 e. The van der Waals surface area contributed by atoms with Gasteiger partial charge in [-0.15, -0.1) is 0 Å². The van der Waals surface area contributed by atoms with Gasteiger partial charge in [-0.3, -0.25) is 10.1 Å². The molecule has 0 radical (unpaired) electrons. The summed E-state index contributed by atoms with van der Waals surface area (Å²) in [6.45, 7) is 1.96. The van der Waals surface area contributed by atoms with Gasteiger partial charge in [-0.1, -0.05) is 0 Å². The summed E-state index contributed by atoms with van der Waals surface area (Å²) >= 11 is 0. The van der Waals surface area contributed by atoms with Crippen LogP contribution in [0.1, 0.15) is 57.8 Å². The number of ether oxygens (including phenoxy) is 1. The SMILES string of the molecule is O=C(NCCCCCOCC12CC3CC(CC(C3)C1)C2)[C@H]1N[C@@H](CO)[C@H](O)[C@H]1O. The monoisotopic (exact) mass is 410 g/mol. The van der Waals surface area contributed by atoms with Crippen LogP contribution >= 0.6 is 0 Å². The van der Waals surface area contributed by atoms with E-state index in [2.05, 4.69) is 10.6 Å². The Labute approximate surface area is 173 Å². The van der Waals surface area contributed by atoms with Gasteiger partial charge in [-0.2, -0.15) is 0 Å². The fourth-order valence-electron chi connectivity index (χ4n) is 6.84. The summed E-state index contributed by atoms with van der Waals surface area (Å²) in [5.41, 5.74) is 0.481. The van der Waals surface area contributed by atoms with Crippen molar-refractivity contribution in [2.45, 2.75) is 82.1 Å². The molecule has 7 nitrogen and oxygen atoms in total. The van der Waals surface area contributed by atoms with Crippen molar-refractivity contribution in [2.24, 2.45) is 23.2 Å². The summed E-state index contributed by atoms with van der Waals surface area (Å²) in [7, 11) is 0. The van der Waals surface area contributed by atoms with Gasteiger partial charge in [0.15, 0.2) is 0 Å². The predicted octanol–water partition coefficient (Wildman–Crippen LogP) is 0.560. The molecule has 0 spiro atoms. The molecular formula is C22H38N2O5. The normalized spacial score (nSPS) is 43.1. The lowest BCUT2D eigenvalue weighted by Gasteiger charge is -2.56. The third-order valence-electron chi connectivity index (χ3n) is 7.81. The molecule has 0 aromatic heterocycles. The number of hydrogen-bond donors (Lipinski definition) is 5. The van der Waals surface area contributed by atoms with Crippen molar-refractivity contribution in [1.29, 1.82) is 0 Å². The minimum Gasteiger partial charge on any atom is -0.395 e. The van der Waals surface area contributed by atoms with E-state index < -0.39 is 24.3 Å². The first-order chi connectivity index (χ1) is 14.0. The van der Waals surface area contributed by atoms with Crippen molar-refractivity contribution >= 4 is 5.91 Å². The van der Waals surface area contributed by atoms with E-state index >= 15 is 0 Å². The van der Waals surface area contributed by atoms with Gasteiger partial charge in [-0.05, 0) is 81.0 Å². The minimum absolute atomic E-state index is 0.314. The molecule has 1 saturated heterocycles. The summed E-state index contributed by atoms with van der Waals surface area (Å²) in [4.78, 5) is 12.2. The van der Waals surface area contributed by atoms with E-state index in [1.807, 2.05) is 0 Å². The van der Waals surface area contributed by atoms with Crippen LogP contribution in [0, 0.1) is 23.2 Å². The molecular weight excluding hydrogens is 372 g/mol. The van der Waals surface area contributed by atoms with E-state index in [0.717, 1.165) is 50.2 Å². The molecule has 4 saturated carbocycles. The van der Waals surface area contributed by atoms with E-state index in [9.17, 15) is 15.0 Å². The standard InChI is InChI=1S/C22H38N2O5/c25-12-17-19(26)20(27)18(24-17)21(28)23-4-2-1-3-5-29-13-22-9-14-6-15(10-22)8-16(7-14)11-22/h14-20,24-27H,1-13H2,(H,23,28)/t14?,15?,16?,17-,18-,19-,20-,22?/m0/s1. The lowest BCUT2D eigenvalue weighted by molar-refractivity contribution is -0.125. The zero-order chi connectivity index (χ0) is 20.4. The molecule has 0 unspecified atom stereocenters. The van der Waals surface area contributed by atoms with Gasteiger partial charge in [0.05, 0.1) is 25.4 Å². The Morgan fingerprint density at radius 3 is 2.24 bits per heavy atom. The Hall–Kier alpha value is -0.730. The van der Waals surface area contributed by atoms with Crippen LogP contribution in [-0.4, -0.2) is 71.9 Å². The van der Waals surface area contributed by atoms with Crippen molar-refractivity contribution in [1.82, 2.24) is 10.6 Å². The summed E-state index contributed by atoms with van der Waals surface area (Å²) in [5.74, 6) is 2.57. The molecule has 7 heteroatoms. The van der Waals surface area contributed by atoms with Gasteiger partial charge in [0.25, 0.3) is 0 Å². The number of nitrogens with one attached hydrogen (secondary N) is 2. The first-order valence-corrected chi connectivity index (χ1v) is 11.6. The van der Waals surface area contributed by atoms with Crippen LogP contribution in [0.3, 0.4) is 0 Å². The first-order valence-electron chi connectivity index (χ1n) is 11.6. The second kappa shape index (κ2) is 9.18. The predicted molar refractivity (Wildman–Crippen MR) is 108 cm³/mol. The van der Waals surface area contributed by atoms with Crippen LogP contribution < -0.4 is 10.6 Å². The molecule has 166 valence electrons. The maximum atomic E-state index is 12.2. The number of amides is 1. The van der Waals surface area contributed by atoms with Gasteiger partial charge >= 0.3 is 0 Å².